The summed E-state index contributed by atoms with van der Waals surface area (Å²) < 4.78 is 1.77. The van der Waals surface area contributed by atoms with E-state index in [1.807, 2.05) is 29.2 Å². The van der Waals surface area contributed by atoms with Crippen LogP contribution in [0.15, 0.2) is 36.9 Å². The molecule has 3 heterocycles. The van der Waals surface area contributed by atoms with Gasteiger partial charge in [0.05, 0.1) is 6.54 Å². The number of likely N-dealkylation sites (tertiary alicyclic amines) is 2. The molecule has 2 aromatic rings. The van der Waals surface area contributed by atoms with Crippen LogP contribution in [-0.4, -0.2) is 62.8 Å². The largest absolute Gasteiger partial charge is 0.323 e. The van der Waals surface area contributed by atoms with Gasteiger partial charge in [-0.2, -0.15) is 5.10 Å². The molecule has 4 rings (SSSR count). The molecule has 2 aliphatic rings. The van der Waals surface area contributed by atoms with Crippen LogP contribution < -0.4 is 5.32 Å². The van der Waals surface area contributed by atoms with Crippen LogP contribution in [0.5, 0.6) is 0 Å². The zero-order valence-corrected chi connectivity index (χ0v) is 14.3. The average Bonchev–Trinajstić information content (AvgIpc) is 3.37. The summed E-state index contributed by atoms with van der Waals surface area (Å²) in [4.78, 5) is 21.0. The number of nitrogens with one attached hydrogen (secondary N) is 1. The van der Waals surface area contributed by atoms with E-state index in [-0.39, 0.29) is 6.03 Å². The molecule has 1 N–H and O–H groups in total. The Labute approximate surface area is 147 Å². The molecule has 2 saturated heterocycles. The average molecular weight is 340 g/mol. The number of amides is 2. The maximum Gasteiger partial charge on any atom is 0.321 e. The lowest BCUT2D eigenvalue weighted by Gasteiger charge is -2.23. The molecular formula is C18H24N6O. The lowest BCUT2D eigenvalue weighted by molar-refractivity contribution is 0.210. The fourth-order valence-corrected chi connectivity index (χ4v) is 3.78. The molecule has 132 valence electrons. The molecule has 7 heteroatoms. The van der Waals surface area contributed by atoms with E-state index in [0.29, 0.717) is 12.6 Å². The molecule has 0 unspecified atom stereocenters. The van der Waals surface area contributed by atoms with Crippen molar-refractivity contribution in [3.63, 3.8) is 0 Å². The number of benzene rings is 1. The Morgan fingerprint density at radius 1 is 1.24 bits per heavy atom. The highest BCUT2D eigenvalue weighted by Crippen LogP contribution is 2.21. The number of aromatic nitrogens is 3. The summed E-state index contributed by atoms with van der Waals surface area (Å²) in [5.74, 6) is 0. The molecule has 1 atom stereocenters. The highest BCUT2D eigenvalue weighted by molar-refractivity contribution is 5.89. The summed E-state index contributed by atoms with van der Waals surface area (Å²) in [6, 6.07) is 8.44. The summed E-state index contributed by atoms with van der Waals surface area (Å²) in [7, 11) is 0. The van der Waals surface area contributed by atoms with Crippen molar-refractivity contribution in [3.05, 3.63) is 42.5 Å². The van der Waals surface area contributed by atoms with E-state index >= 15 is 0 Å². The van der Waals surface area contributed by atoms with Gasteiger partial charge in [-0.3, -0.25) is 4.90 Å². The van der Waals surface area contributed by atoms with Crippen molar-refractivity contribution in [2.75, 3.05) is 31.5 Å². The quantitative estimate of drug-likeness (QED) is 0.925. The smallest absolute Gasteiger partial charge is 0.321 e. The number of nitrogens with zero attached hydrogens (tertiary/aromatic N) is 5. The van der Waals surface area contributed by atoms with Crippen LogP contribution >= 0.6 is 0 Å². The number of anilines is 1. The van der Waals surface area contributed by atoms with Gasteiger partial charge in [-0.15, -0.1) is 0 Å². The van der Waals surface area contributed by atoms with Crippen LogP contribution in [0.25, 0.3) is 0 Å². The second-order valence-corrected chi connectivity index (χ2v) is 6.86. The van der Waals surface area contributed by atoms with Crippen molar-refractivity contribution in [2.45, 2.75) is 31.8 Å². The topological polar surface area (TPSA) is 66.3 Å². The summed E-state index contributed by atoms with van der Waals surface area (Å²) >= 11 is 0. The minimum Gasteiger partial charge on any atom is -0.323 e. The van der Waals surface area contributed by atoms with Gasteiger partial charge < -0.3 is 10.2 Å². The first-order chi connectivity index (χ1) is 12.3. The second kappa shape index (κ2) is 7.23. The van der Waals surface area contributed by atoms with Gasteiger partial charge in [0.1, 0.15) is 12.7 Å². The first kappa shape index (κ1) is 16.1. The van der Waals surface area contributed by atoms with Crippen LogP contribution in [0.1, 0.15) is 24.8 Å². The molecule has 25 heavy (non-hydrogen) atoms. The Balaban J connectivity index is 1.34. The fraction of sp³-hybridized carbons (Fsp3) is 0.500. The van der Waals surface area contributed by atoms with E-state index in [2.05, 4.69) is 20.3 Å². The molecule has 2 aliphatic heterocycles. The zero-order chi connectivity index (χ0) is 17.1. The van der Waals surface area contributed by atoms with Crippen LogP contribution in [0.4, 0.5) is 10.5 Å². The molecule has 1 aromatic carbocycles. The Hall–Kier alpha value is -2.41. The number of rotatable bonds is 4. The number of carbonyl (C=O) groups is 1. The lowest BCUT2D eigenvalue weighted by Crippen LogP contribution is -2.38. The molecule has 0 aliphatic carbocycles. The van der Waals surface area contributed by atoms with Crippen LogP contribution in [0, 0.1) is 0 Å². The Morgan fingerprint density at radius 3 is 2.92 bits per heavy atom. The van der Waals surface area contributed by atoms with Crippen molar-refractivity contribution in [1.82, 2.24) is 24.6 Å². The summed E-state index contributed by atoms with van der Waals surface area (Å²) in [6.07, 6.45) is 6.88. The molecule has 2 fully saturated rings. The number of urea groups is 1. The third-order valence-corrected chi connectivity index (χ3v) is 5.10. The van der Waals surface area contributed by atoms with Gasteiger partial charge in [-0.1, -0.05) is 12.1 Å². The maximum absolute atomic E-state index is 12.6. The molecule has 0 bridgehead atoms. The van der Waals surface area contributed by atoms with E-state index in [1.54, 1.807) is 11.0 Å². The third-order valence-electron chi connectivity index (χ3n) is 5.10. The minimum atomic E-state index is -0.000368. The van der Waals surface area contributed by atoms with E-state index in [1.165, 1.54) is 32.3 Å². The van der Waals surface area contributed by atoms with Crippen LogP contribution in [0.2, 0.25) is 0 Å². The van der Waals surface area contributed by atoms with E-state index in [9.17, 15) is 4.79 Å². The minimum absolute atomic E-state index is 0.000368. The van der Waals surface area contributed by atoms with Gasteiger partial charge in [-0.05, 0) is 50.0 Å². The van der Waals surface area contributed by atoms with E-state index < -0.39 is 0 Å². The summed E-state index contributed by atoms with van der Waals surface area (Å²) in [5, 5.41) is 7.15. The molecule has 2 amide bonds. The highest BCUT2D eigenvalue weighted by atomic mass is 16.2. The predicted octanol–water partition coefficient (Wildman–Crippen LogP) is 2.03. The third kappa shape index (κ3) is 3.82. The first-order valence-corrected chi connectivity index (χ1v) is 8.99. The van der Waals surface area contributed by atoms with Crippen molar-refractivity contribution in [1.29, 1.82) is 0 Å². The lowest BCUT2D eigenvalue weighted by atomic mass is 10.2. The van der Waals surface area contributed by atoms with Gasteiger partial charge in [0.25, 0.3) is 0 Å². The Morgan fingerprint density at radius 2 is 2.12 bits per heavy atom. The molecule has 0 saturated carbocycles. The fourth-order valence-electron chi connectivity index (χ4n) is 3.78. The summed E-state index contributed by atoms with van der Waals surface area (Å²) in [5.41, 5.74) is 1.91. The van der Waals surface area contributed by atoms with Gasteiger partial charge in [-0.25, -0.2) is 14.5 Å². The van der Waals surface area contributed by atoms with Crippen LogP contribution in [0.3, 0.4) is 0 Å². The predicted molar refractivity (Wildman–Crippen MR) is 95.4 cm³/mol. The SMILES string of the molecule is O=C(Nc1cccc(Cn2cncn2)c1)N1CC[C@@H](N2CCCC2)C1. The normalized spacial score (nSPS) is 21.0. The van der Waals surface area contributed by atoms with Gasteiger partial charge in [0, 0.05) is 24.8 Å². The van der Waals surface area contributed by atoms with Crippen molar-refractivity contribution in [2.24, 2.45) is 0 Å². The molecule has 0 radical (unpaired) electrons. The van der Waals surface area contributed by atoms with Gasteiger partial charge in [0.2, 0.25) is 0 Å². The van der Waals surface area contributed by atoms with Crippen molar-refractivity contribution >= 4 is 11.7 Å². The molecular weight excluding hydrogens is 316 g/mol. The first-order valence-electron chi connectivity index (χ1n) is 8.99. The van der Waals surface area contributed by atoms with Gasteiger partial charge in [0.15, 0.2) is 0 Å². The number of hydrogen-bond acceptors (Lipinski definition) is 4. The van der Waals surface area contributed by atoms with Crippen LogP contribution in [-0.2, 0) is 6.54 Å². The van der Waals surface area contributed by atoms with Crippen molar-refractivity contribution < 1.29 is 4.79 Å². The maximum atomic E-state index is 12.6. The molecule has 7 nitrogen and oxygen atoms in total. The van der Waals surface area contributed by atoms with E-state index in [4.69, 9.17) is 0 Å². The highest BCUT2D eigenvalue weighted by Gasteiger charge is 2.31. The Kier molecular flexibility index (Phi) is 4.65. The number of hydrogen-bond donors (Lipinski definition) is 1. The second-order valence-electron chi connectivity index (χ2n) is 6.86. The zero-order valence-electron chi connectivity index (χ0n) is 14.3. The van der Waals surface area contributed by atoms with Crippen molar-refractivity contribution in [3.8, 4) is 0 Å². The Bertz CT molecular complexity index is 710. The number of carbonyl (C=O) groups excluding carboxylic acids is 1. The standard InChI is InChI=1S/C18H24N6O/c25-18(23-9-6-17(12-23)22-7-1-2-8-22)21-16-5-3-4-15(10-16)11-24-14-19-13-20-24/h3-5,10,13-14,17H,1-2,6-9,11-12H2,(H,21,25)/t17-/m1/s1. The van der Waals surface area contributed by atoms with E-state index in [0.717, 1.165) is 30.8 Å². The monoisotopic (exact) mass is 340 g/mol. The van der Waals surface area contributed by atoms with Gasteiger partial charge >= 0.3 is 6.03 Å². The molecule has 1 aromatic heterocycles. The summed E-state index contributed by atoms with van der Waals surface area (Å²) in [6.45, 7) is 4.69. The molecule has 0 spiro atoms.